The molecule has 116 valence electrons. The van der Waals surface area contributed by atoms with E-state index in [9.17, 15) is 9.18 Å². The molecule has 2 heterocycles. The van der Waals surface area contributed by atoms with Gasteiger partial charge in [0.05, 0.1) is 5.41 Å². The predicted molar refractivity (Wildman–Crippen MR) is 83.1 cm³/mol. The number of halogens is 2. The molecule has 3 nitrogen and oxygen atoms in total. The van der Waals surface area contributed by atoms with Gasteiger partial charge in [0, 0.05) is 26.2 Å². The van der Waals surface area contributed by atoms with Crippen molar-refractivity contribution in [3.05, 3.63) is 35.6 Å². The number of likely N-dealkylation sites (tertiary alicyclic amines) is 1. The first-order valence-electron chi connectivity index (χ1n) is 7.24. The molecule has 2 fully saturated rings. The van der Waals surface area contributed by atoms with Gasteiger partial charge >= 0.3 is 0 Å². The third kappa shape index (κ3) is 2.92. The van der Waals surface area contributed by atoms with E-state index in [1.165, 1.54) is 12.1 Å². The zero-order valence-electron chi connectivity index (χ0n) is 12.4. The van der Waals surface area contributed by atoms with Gasteiger partial charge in [-0.15, -0.1) is 12.4 Å². The molecule has 0 spiro atoms. The van der Waals surface area contributed by atoms with Crippen LogP contribution in [0, 0.1) is 17.7 Å². The first-order valence-corrected chi connectivity index (χ1v) is 7.24. The maximum Gasteiger partial charge on any atom is 0.232 e. The number of amides is 1. The molecule has 0 bridgehead atoms. The minimum atomic E-state index is -0.672. The Morgan fingerprint density at radius 2 is 1.90 bits per heavy atom. The molecule has 0 saturated carbocycles. The SMILES string of the molecule is CC(C)(C(=O)N1C[C@H]2CNC[C@H]2C1)c1cccc(F)c1.Cl. The lowest BCUT2D eigenvalue weighted by Gasteiger charge is -2.30. The minimum Gasteiger partial charge on any atom is -0.341 e. The zero-order chi connectivity index (χ0) is 14.3. The van der Waals surface area contributed by atoms with Crippen molar-refractivity contribution in [2.75, 3.05) is 26.2 Å². The molecule has 2 aliphatic rings. The van der Waals surface area contributed by atoms with Gasteiger partial charge in [-0.3, -0.25) is 4.79 Å². The molecule has 0 aromatic heterocycles. The van der Waals surface area contributed by atoms with Crippen LogP contribution in [0.2, 0.25) is 0 Å². The molecule has 21 heavy (non-hydrogen) atoms. The topological polar surface area (TPSA) is 32.3 Å². The molecular weight excluding hydrogens is 291 g/mol. The van der Waals surface area contributed by atoms with Crippen LogP contribution in [0.1, 0.15) is 19.4 Å². The maximum absolute atomic E-state index is 13.4. The number of nitrogens with one attached hydrogen (secondary N) is 1. The Labute approximate surface area is 131 Å². The zero-order valence-corrected chi connectivity index (χ0v) is 13.3. The lowest BCUT2D eigenvalue weighted by Crippen LogP contribution is -2.43. The highest BCUT2D eigenvalue weighted by Gasteiger charge is 2.42. The molecule has 0 radical (unpaired) electrons. The van der Waals surface area contributed by atoms with E-state index in [2.05, 4.69) is 5.32 Å². The van der Waals surface area contributed by atoms with Gasteiger partial charge in [-0.2, -0.15) is 0 Å². The average Bonchev–Trinajstić information content (AvgIpc) is 2.98. The summed E-state index contributed by atoms with van der Waals surface area (Å²) in [6.45, 7) is 7.45. The predicted octanol–water partition coefficient (Wildman–Crippen LogP) is 2.20. The van der Waals surface area contributed by atoms with Crippen LogP contribution in [0.15, 0.2) is 24.3 Å². The van der Waals surface area contributed by atoms with E-state index in [4.69, 9.17) is 0 Å². The van der Waals surface area contributed by atoms with Gasteiger partial charge < -0.3 is 10.2 Å². The van der Waals surface area contributed by atoms with E-state index >= 15 is 0 Å². The Hall–Kier alpha value is -1.13. The standard InChI is InChI=1S/C16H21FN2O.ClH/c1-16(2,13-4-3-5-14(17)6-13)15(20)19-9-11-7-18-8-12(11)10-19;/h3-6,11-12,18H,7-10H2,1-2H3;1H/t11-,12+;. The second kappa shape index (κ2) is 5.93. The Morgan fingerprint density at radius 1 is 1.29 bits per heavy atom. The molecule has 2 saturated heterocycles. The van der Waals surface area contributed by atoms with Crippen LogP contribution in [0.25, 0.3) is 0 Å². The monoisotopic (exact) mass is 312 g/mol. The summed E-state index contributed by atoms with van der Waals surface area (Å²) in [6, 6.07) is 6.38. The summed E-state index contributed by atoms with van der Waals surface area (Å²) in [7, 11) is 0. The van der Waals surface area contributed by atoms with Crippen LogP contribution in [0.3, 0.4) is 0 Å². The fraction of sp³-hybridized carbons (Fsp3) is 0.562. The van der Waals surface area contributed by atoms with Crippen molar-refractivity contribution >= 4 is 18.3 Å². The van der Waals surface area contributed by atoms with Crippen molar-refractivity contribution in [3.8, 4) is 0 Å². The molecule has 1 amide bonds. The van der Waals surface area contributed by atoms with Gasteiger partial charge in [-0.05, 0) is 43.4 Å². The number of rotatable bonds is 2. The number of nitrogens with zero attached hydrogens (tertiary/aromatic N) is 1. The fourth-order valence-electron chi connectivity index (χ4n) is 3.42. The third-order valence-electron chi connectivity index (χ3n) is 4.76. The van der Waals surface area contributed by atoms with Gasteiger partial charge in [-0.25, -0.2) is 4.39 Å². The normalized spacial score (nSPS) is 24.6. The molecule has 1 aromatic carbocycles. The summed E-state index contributed by atoms with van der Waals surface area (Å²) >= 11 is 0. The Balaban J connectivity index is 0.00000161. The number of carbonyl (C=O) groups excluding carboxylic acids is 1. The maximum atomic E-state index is 13.4. The molecule has 5 heteroatoms. The van der Waals surface area contributed by atoms with Gasteiger partial charge in [-0.1, -0.05) is 12.1 Å². The highest BCUT2D eigenvalue weighted by molar-refractivity contribution is 5.87. The van der Waals surface area contributed by atoms with Crippen LogP contribution < -0.4 is 5.32 Å². The smallest absolute Gasteiger partial charge is 0.232 e. The van der Waals surface area contributed by atoms with Crippen LogP contribution in [0.4, 0.5) is 4.39 Å². The van der Waals surface area contributed by atoms with E-state index in [-0.39, 0.29) is 24.1 Å². The summed E-state index contributed by atoms with van der Waals surface area (Å²) in [5.41, 5.74) is 0.0754. The van der Waals surface area contributed by atoms with Gasteiger partial charge in [0.1, 0.15) is 5.82 Å². The first-order chi connectivity index (χ1) is 9.48. The Bertz CT molecular complexity index is 523. The lowest BCUT2D eigenvalue weighted by atomic mass is 9.83. The highest BCUT2D eigenvalue weighted by Crippen LogP contribution is 2.32. The molecule has 0 unspecified atom stereocenters. The molecular formula is C16H22ClFN2O. The van der Waals surface area contributed by atoms with E-state index in [1.807, 2.05) is 24.8 Å². The van der Waals surface area contributed by atoms with Crippen molar-refractivity contribution in [1.29, 1.82) is 0 Å². The first kappa shape index (κ1) is 16.2. The number of fused-ring (bicyclic) bond motifs is 1. The second-order valence-electron chi connectivity index (χ2n) is 6.52. The van der Waals surface area contributed by atoms with Crippen LogP contribution >= 0.6 is 12.4 Å². The summed E-state index contributed by atoms with van der Waals surface area (Å²) < 4.78 is 13.4. The summed E-state index contributed by atoms with van der Waals surface area (Å²) in [4.78, 5) is 14.8. The molecule has 3 rings (SSSR count). The van der Waals surface area contributed by atoms with Crippen molar-refractivity contribution in [2.24, 2.45) is 11.8 Å². The number of benzene rings is 1. The Kier molecular flexibility index (Phi) is 4.59. The number of hydrogen-bond donors (Lipinski definition) is 1. The Morgan fingerprint density at radius 3 is 2.48 bits per heavy atom. The van der Waals surface area contributed by atoms with Crippen LogP contribution in [-0.2, 0) is 10.2 Å². The molecule has 1 N–H and O–H groups in total. The van der Waals surface area contributed by atoms with Crippen molar-refractivity contribution in [2.45, 2.75) is 19.3 Å². The van der Waals surface area contributed by atoms with E-state index in [1.54, 1.807) is 6.07 Å². The van der Waals surface area contributed by atoms with Gasteiger partial charge in [0.15, 0.2) is 0 Å². The quantitative estimate of drug-likeness (QED) is 0.908. The van der Waals surface area contributed by atoms with Gasteiger partial charge in [0.2, 0.25) is 5.91 Å². The largest absolute Gasteiger partial charge is 0.341 e. The molecule has 1 aromatic rings. The summed E-state index contributed by atoms with van der Waals surface area (Å²) in [5.74, 6) is 0.993. The molecule has 2 atom stereocenters. The van der Waals surface area contributed by atoms with E-state index in [0.717, 1.165) is 31.7 Å². The van der Waals surface area contributed by atoms with Crippen molar-refractivity contribution in [1.82, 2.24) is 10.2 Å². The minimum absolute atomic E-state index is 0. The summed E-state index contributed by atoms with van der Waals surface area (Å²) in [5, 5.41) is 3.37. The number of carbonyl (C=O) groups is 1. The van der Waals surface area contributed by atoms with Gasteiger partial charge in [0.25, 0.3) is 0 Å². The third-order valence-corrected chi connectivity index (χ3v) is 4.76. The fourth-order valence-corrected chi connectivity index (χ4v) is 3.42. The van der Waals surface area contributed by atoms with E-state index in [0.29, 0.717) is 11.8 Å². The average molecular weight is 313 g/mol. The lowest BCUT2D eigenvalue weighted by molar-refractivity contribution is -0.135. The number of hydrogen-bond acceptors (Lipinski definition) is 2. The van der Waals surface area contributed by atoms with Crippen LogP contribution in [-0.4, -0.2) is 37.0 Å². The molecule has 0 aliphatic carbocycles. The van der Waals surface area contributed by atoms with E-state index < -0.39 is 5.41 Å². The van der Waals surface area contributed by atoms with Crippen molar-refractivity contribution in [3.63, 3.8) is 0 Å². The summed E-state index contributed by atoms with van der Waals surface area (Å²) in [6.07, 6.45) is 0. The second-order valence-corrected chi connectivity index (χ2v) is 6.52. The highest BCUT2D eigenvalue weighted by atomic mass is 35.5. The van der Waals surface area contributed by atoms with Crippen LogP contribution in [0.5, 0.6) is 0 Å². The molecule has 2 aliphatic heterocycles. The van der Waals surface area contributed by atoms with Crippen molar-refractivity contribution < 1.29 is 9.18 Å².